The van der Waals surface area contributed by atoms with Gasteiger partial charge in [0.25, 0.3) is 0 Å². The van der Waals surface area contributed by atoms with Crippen LogP contribution in [0.1, 0.15) is 25.3 Å². The third kappa shape index (κ3) is 3.36. The number of rotatable bonds is 3. The number of benzene rings is 1. The molecule has 0 amide bonds. The molecular weight excluding hydrogens is 232 g/mol. The van der Waals surface area contributed by atoms with E-state index < -0.39 is 0 Å². The van der Waals surface area contributed by atoms with E-state index in [1.54, 1.807) is 0 Å². The van der Waals surface area contributed by atoms with Crippen LogP contribution >= 0.6 is 11.6 Å². The molecular formula is C14H21ClN2. The minimum atomic E-state index is 0.568. The highest BCUT2D eigenvalue weighted by molar-refractivity contribution is 6.33. The topological polar surface area (TPSA) is 15.3 Å². The lowest BCUT2D eigenvalue weighted by Gasteiger charge is -2.32. The summed E-state index contributed by atoms with van der Waals surface area (Å²) in [7, 11) is 0. The number of likely N-dealkylation sites (tertiary alicyclic amines) is 1. The second kappa shape index (κ2) is 5.74. The molecule has 0 unspecified atom stereocenters. The number of aryl methyl sites for hydroxylation is 1. The first-order valence-corrected chi connectivity index (χ1v) is 6.82. The molecule has 1 heterocycles. The highest BCUT2D eigenvalue weighted by atomic mass is 35.5. The van der Waals surface area contributed by atoms with Crippen LogP contribution in [0, 0.1) is 6.92 Å². The van der Waals surface area contributed by atoms with Crippen molar-refractivity contribution >= 4 is 17.3 Å². The maximum absolute atomic E-state index is 6.23. The molecule has 94 valence electrons. The van der Waals surface area contributed by atoms with Crippen LogP contribution in [0.5, 0.6) is 0 Å². The second-order valence-corrected chi connectivity index (χ2v) is 5.24. The standard InChI is InChI=1S/C14H21ClN2/c1-3-17-8-6-12(7-9-17)16-14-5-4-11(2)10-13(14)15/h4-5,10,12,16H,3,6-9H2,1-2H3. The Labute approximate surface area is 109 Å². The van der Waals surface area contributed by atoms with Gasteiger partial charge in [0, 0.05) is 19.1 Å². The van der Waals surface area contributed by atoms with Gasteiger partial charge in [-0.3, -0.25) is 0 Å². The molecule has 0 spiro atoms. The van der Waals surface area contributed by atoms with E-state index in [0.717, 1.165) is 17.3 Å². The zero-order valence-electron chi connectivity index (χ0n) is 10.7. The Morgan fingerprint density at radius 2 is 2.06 bits per heavy atom. The van der Waals surface area contributed by atoms with Crippen molar-refractivity contribution in [1.82, 2.24) is 4.90 Å². The largest absolute Gasteiger partial charge is 0.381 e. The molecule has 1 aromatic rings. The van der Waals surface area contributed by atoms with Crippen LogP contribution in [0.3, 0.4) is 0 Å². The summed E-state index contributed by atoms with van der Waals surface area (Å²) >= 11 is 6.23. The molecule has 1 aromatic carbocycles. The highest BCUT2D eigenvalue weighted by Gasteiger charge is 2.18. The summed E-state index contributed by atoms with van der Waals surface area (Å²) in [6, 6.07) is 6.78. The molecule has 1 saturated heterocycles. The van der Waals surface area contributed by atoms with E-state index in [0.29, 0.717) is 6.04 Å². The van der Waals surface area contributed by atoms with Gasteiger partial charge in [0.1, 0.15) is 0 Å². The van der Waals surface area contributed by atoms with Crippen LogP contribution in [0.25, 0.3) is 0 Å². The molecule has 0 aromatic heterocycles. The summed E-state index contributed by atoms with van der Waals surface area (Å²) < 4.78 is 0. The Morgan fingerprint density at radius 1 is 1.35 bits per heavy atom. The van der Waals surface area contributed by atoms with Gasteiger partial charge in [-0.25, -0.2) is 0 Å². The summed E-state index contributed by atoms with van der Waals surface area (Å²) in [6.45, 7) is 7.84. The molecule has 0 bridgehead atoms. The van der Waals surface area contributed by atoms with Gasteiger partial charge in [-0.15, -0.1) is 0 Å². The molecule has 2 rings (SSSR count). The van der Waals surface area contributed by atoms with Gasteiger partial charge in [0.2, 0.25) is 0 Å². The minimum absolute atomic E-state index is 0.568. The predicted molar refractivity (Wildman–Crippen MR) is 74.9 cm³/mol. The molecule has 17 heavy (non-hydrogen) atoms. The van der Waals surface area contributed by atoms with Crippen molar-refractivity contribution < 1.29 is 0 Å². The number of hydrogen-bond donors (Lipinski definition) is 1. The highest BCUT2D eigenvalue weighted by Crippen LogP contribution is 2.25. The van der Waals surface area contributed by atoms with Gasteiger partial charge < -0.3 is 10.2 Å². The van der Waals surface area contributed by atoms with Crippen LogP contribution < -0.4 is 5.32 Å². The maximum atomic E-state index is 6.23. The van der Waals surface area contributed by atoms with E-state index in [-0.39, 0.29) is 0 Å². The van der Waals surface area contributed by atoms with Crippen LogP contribution in [0.4, 0.5) is 5.69 Å². The number of hydrogen-bond acceptors (Lipinski definition) is 2. The van der Waals surface area contributed by atoms with E-state index in [4.69, 9.17) is 11.6 Å². The molecule has 0 radical (unpaired) electrons. The fraction of sp³-hybridized carbons (Fsp3) is 0.571. The third-order valence-corrected chi connectivity index (χ3v) is 3.83. The summed E-state index contributed by atoms with van der Waals surface area (Å²) in [5, 5.41) is 4.40. The van der Waals surface area contributed by atoms with Gasteiger partial charge in [0.05, 0.1) is 10.7 Å². The first-order chi connectivity index (χ1) is 8.19. The zero-order valence-corrected chi connectivity index (χ0v) is 11.4. The Balaban J connectivity index is 1.93. The first-order valence-electron chi connectivity index (χ1n) is 6.44. The Hall–Kier alpha value is -0.730. The van der Waals surface area contributed by atoms with Gasteiger partial charge in [-0.05, 0) is 44.0 Å². The summed E-state index contributed by atoms with van der Waals surface area (Å²) in [5.41, 5.74) is 2.29. The van der Waals surface area contributed by atoms with Gasteiger partial charge in [-0.2, -0.15) is 0 Å². The Bertz CT molecular complexity index is 370. The van der Waals surface area contributed by atoms with Crippen LogP contribution in [0.15, 0.2) is 18.2 Å². The number of nitrogens with one attached hydrogen (secondary N) is 1. The van der Waals surface area contributed by atoms with E-state index in [1.165, 1.54) is 31.5 Å². The monoisotopic (exact) mass is 252 g/mol. The van der Waals surface area contributed by atoms with Gasteiger partial charge in [0.15, 0.2) is 0 Å². The molecule has 2 nitrogen and oxygen atoms in total. The van der Waals surface area contributed by atoms with Gasteiger partial charge >= 0.3 is 0 Å². The predicted octanol–water partition coefficient (Wildman–Crippen LogP) is 3.54. The number of nitrogens with zero attached hydrogens (tertiary/aromatic N) is 1. The lowest BCUT2D eigenvalue weighted by Crippen LogP contribution is -2.38. The number of anilines is 1. The van der Waals surface area contributed by atoms with Crippen molar-refractivity contribution in [3.63, 3.8) is 0 Å². The fourth-order valence-electron chi connectivity index (χ4n) is 2.35. The zero-order chi connectivity index (χ0) is 12.3. The normalized spacial score (nSPS) is 18.3. The van der Waals surface area contributed by atoms with E-state index in [1.807, 2.05) is 6.07 Å². The van der Waals surface area contributed by atoms with Crippen molar-refractivity contribution in [3.05, 3.63) is 28.8 Å². The molecule has 0 atom stereocenters. The Morgan fingerprint density at radius 3 is 2.65 bits per heavy atom. The summed E-state index contributed by atoms with van der Waals surface area (Å²) in [6.07, 6.45) is 2.41. The van der Waals surface area contributed by atoms with E-state index in [9.17, 15) is 0 Å². The van der Waals surface area contributed by atoms with Crippen molar-refractivity contribution in [2.75, 3.05) is 25.0 Å². The molecule has 1 aliphatic heterocycles. The second-order valence-electron chi connectivity index (χ2n) is 4.84. The average molecular weight is 253 g/mol. The number of piperidine rings is 1. The van der Waals surface area contributed by atoms with Crippen LogP contribution in [-0.4, -0.2) is 30.6 Å². The average Bonchev–Trinajstić information content (AvgIpc) is 2.34. The van der Waals surface area contributed by atoms with E-state index >= 15 is 0 Å². The Kier molecular flexibility index (Phi) is 4.30. The van der Waals surface area contributed by atoms with Crippen molar-refractivity contribution in [3.8, 4) is 0 Å². The summed E-state index contributed by atoms with van der Waals surface area (Å²) in [4.78, 5) is 2.49. The maximum Gasteiger partial charge on any atom is 0.0640 e. The molecule has 0 aliphatic carbocycles. The van der Waals surface area contributed by atoms with E-state index in [2.05, 4.69) is 36.2 Å². The molecule has 0 saturated carbocycles. The van der Waals surface area contributed by atoms with Crippen molar-refractivity contribution in [2.24, 2.45) is 0 Å². The van der Waals surface area contributed by atoms with Crippen molar-refractivity contribution in [2.45, 2.75) is 32.7 Å². The minimum Gasteiger partial charge on any atom is -0.381 e. The summed E-state index contributed by atoms with van der Waals surface area (Å²) in [5.74, 6) is 0. The van der Waals surface area contributed by atoms with Crippen LogP contribution in [-0.2, 0) is 0 Å². The molecule has 1 fully saturated rings. The fourth-order valence-corrected chi connectivity index (χ4v) is 2.64. The molecule has 3 heteroatoms. The SMILES string of the molecule is CCN1CCC(Nc2ccc(C)cc2Cl)CC1. The number of halogens is 1. The lowest BCUT2D eigenvalue weighted by atomic mass is 10.0. The molecule has 1 N–H and O–H groups in total. The third-order valence-electron chi connectivity index (χ3n) is 3.52. The quantitative estimate of drug-likeness (QED) is 0.885. The lowest BCUT2D eigenvalue weighted by molar-refractivity contribution is 0.229. The van der Waals surface area contributed by atoms with Crippen molar-refractivity contribution in [1.29, 1.82) is 0 Å². The smallest absolute Gasteiger partial charge is 0.0640 e. The van der Waals surface area contributed by atoms with Gasteiger partial charge in [-0.1, -0.05) is 24.6 Å². The molecule has 1 aliphatic rings. The first kappa shape index (κ1) is 12.7. The van der Waals surface area contributed by atoms with Crippen LogP contribution in [0.2, 0.25) is 5.02 Å².